The third-order valence-corrected chi connectivity index (χ3v) is 2.67. The highest BCUT2D eigenvalue weighted by Crippen LogP contribution is 2.15. The van der Waals surface area contributed by atoms with Crippen LogP contribution in [0, 0.1) is 0 Å². The van der Waals surface area contributed by atoms with E-state index < -0.39 is 0 Å². The molecule has 0 unspecified atom stereocenters. The Morgan fingerprint density at radius 1 is 1.59 bits per heavy atom. The molecule has 1 aromatic rings. The normalized spacial score (nSPS) is 10.5. The molecule has 1 N–H and O–H groups in total. The topological polar surface area (TPSA) is 68.3 Å². The number of aromatic nitrogens is 1. The van der Waals surface area contributed by atoms with Crippen molar-refractivity contribution in [2.75, 3.05) is 13.2 Å². The van der Waals surface area contributed by atoms with Crippen LogP contribution >= 0.6 is 11.3 Å². The van der Waals surface area contributed by atoms with Gasteiger partial charge in [0.2, 0.25) is 5.91 Å². The fraction of sp³-hybridized carbons (Fsp3) is 0.364. The summed E-state index contributed by atoms with van der Waals surface area (Å²) in [6.45, 7) is 4.01. The van der Waals surface area contributed by atoms with Gasteiger partial charge in [0.25, 0.3) is 0 Å². The van der Waals surface area contributed by atoms with Gasteiger partial charge in [0.05, 0.1) is 12.8 Å². The second kappa shape index (κ2) is 6.80. The third kappa shape index (κ3) is 4.78. The molecule has 0 saturated carbocycles. The lowest BCUT2D eigenvalue weighted by atomic mass is 10.5. The minimum atomic E-state index is -0.355. The van der Waals surface area contributed by atoms with Crippen molar-refractivity contribution < 1.29 is 14.3 Å². The number of ether oxygens (including phenoxy) is 1. The molecule has 0 aliphatic rings. The van der Waals surface area contributed by atoms with Crippen molar-refractivity contribution >= 4 is 29.3 Å². The van der Waals surface area contributed by atoms with Crippen molar-refractivity contribution in [3.8, 4) is 0 Å². The maximum atomic E-state index is 11.3. The molecule has 6 heteroatoms. The number of nitrogens with one attached hydrogen (secondary N) is 1. The highest BCUT2D eigenvalue weighted by atomic mass is 32.1. The van der Waals surface area contributed by atoms with Crippen molar-refractivity contribution in [3.05, 3.63) is 22.2 Å². The van der Waals surface area contributed by atoms with Crippen molar-refractivity contribution in [1.82, 2.24) is 10.3 Å². The van der Waals surface area contributed by atoms with Crippen molar-refractivity contribution in [2.45, 2.75) is 13.8 Å². The number of nitrogens with zero attached hydrogens (tertiary/aromatic N) is 1. The first-order valence-electron chi connectivity index (χ1n) is 5.17. The number of carbonyl (C=O) groups excluding carboxylic acids is 2. The van der Waals surface area contributed by atoms with Gasteiger partial charge in [0, 0.05) is 13.5 Å². The maximum absolute atomic E-state index is 11.3. The first kappa shape index (κ1) is 13.4. The van der Waals surface area contributed by atoms with Crippen LogP contribution in [0.4, 0.5) is 0 Å². The highest BCUT2D eigenvalue weighted by molar-refractivity contribution is 7.14. The zero-order chi connectivity index (χ0) is 12.7. The summed E-state index contributed by atoms with van der Waals surface area (Å²) in [6.07, 6.45) is 5.01. The van der Waals surface area contributed by atoms with Gasteiger partial charge < -0.3 is 10.1 Å². The van der Waals surface area contributed by atoms with Gasteiger partial charge >= 0.3 is 5.97 Å². The summed E-state index contributed by atoms with van der Waals surface area (Å²) in [5.41, 5.74) is 0. The molecule has 0 radical (unpaired) electrons. The Balaban J connectivity index is 2.50. The molecule has 0 aliphatic heterocycles. The quantitative estimate of drug-likeness (QED) is 0.808. The molecule has 0 aliphatic carbocycles. The van der Waals surface area contributed by atoms with Gasteiger partial charge in [-0.25, -0.2) is 9.78 Å². The van der Waals surface area contributed by atoms with E-state index in [1.807, 2.05) is 0 Å². The molecule has 1 heterocycles. The Morgan fingerprint density at radius 2 is 2.35 bits per heavy atom. The molecule has 0 spiro atoms. The minimum Gasteiger partial charge on any atom is -0.462 e. The van der Waals surface area contributed by atoms with Crippen LogP contribution in [0.15, 0.2) is 12.3 Å². The number of hydrogen-bond donors (Lipinski definition) is 1. The van der Waals surface area contributed by atoms with E-state index in [0.29, 0.717) is 23.0 Å². The summed E-state index contributed by atoms with van der Waals surface area (Å²) in [5, 5.41) is 3.33. The van der Waals surface area contributed by atoms with Crippen LogP contribution in [-0.2, 0) is 9.53 Å². The van der Waals surface area contributed by atoms with Gasteiger partial charge in [0.1, 0.15) is 9.88 Å². The molecule has 1 amide bonds. The number of esters is 1. The second-order valence-corrected chi connectivity index (χ2v) is 4.18. The number of thiazole rings is 1. The summed E-state index contributed by atoms with van der Waals surface area (Å²) in [5.74, 6) is -0.437. The standard InChI is InChI=1S/C11H14N2O3S/c1-3-16-11(15)9-7-13-10(17-9)5-4-6-12-8(2)14/h4-5,7H,3,6H2,1-2H3,(H,12,14). The van der Waals surface area contributed by atoms with Gasteiger partial charge in [0.15, 0.2) is 0 Å². The number of rotatable bonds is 5. The number of carbonyl (C=O) groups is 2. The molecule has 92 valence electrons. The van der Waals surface area contributed by atoms with Gasteiger partial charge in [-0.2, -0.15) is 0 Å². The average molecular weight is 254 g/mol. The Morgan fingerprint density at radius 3 is 3.00 bits per heavy atom. The SMILES string of the molecule is CCOC(=O)c1cnc(C=CCNC(C)=O)s1. The minimum absolute atomic E-state index is 0.0824. The maximum Gasteiger partial charge on any atom is 0.349 e. The fourth-order valence-electron chi connectivity index (χ4n) is 1.02. The molecule has 0 aromatic carbocycles. The van der Waals surface area contributed by atoms with Crippen LogP contribution in [0.25, 0.3) is 6.08 Å². The van der Waals surface area contributed by atoms with E-state index in [0.717, 1.165) is 0 Å². The largest absolute Gasteiger partial charge is 0.462 e. The summed E-state index contributed by atoms with van der Waals surface area (Å²) >= 11 is 1.25. The molecule has 0 bridgehead atoms. The van der Waals surface area contributed by atoms with Crippen molar-refractivity contribution in [3.63, 3.8) is 0 Å². The highest BCUT2D eigenvalue weighted by Gasteiger charge is 2.09. The monoisotopic (exact) mass is 254 g/mol. The van der Waals surface area contributed by atoms with Crippen LogP contribution in [-0.4, -0.2) is 30.0 Å². The molecule has 0 fully saturated rings. The molecular weight excluding hydrogens is 240 g/mol. The average Bonchev–Trinajstić information content (AvgIpc) is 2.73. The lowest BCUT2D eigenvalue weighted by Crippen LogP contribution is -2.19. The van der Waals surface area contributed by atoms with E-state index >= 15 is 0 Å². The molecular formula is C11H14N2O3S. The van der Waals surface area contributed by atoms with E-state index in [2.05, 4.69) is 10.3 Å². The predicted molar refractivity (Wildman–Crippen MR) is 65.8 cm³/mol. The van der Waals surface area contributed by atoms with Crippen molar-refractivity contribution in [1.29, 1.82) is 0 Å². The third-order valence-electron chi connectivity index (χ3n) is 1.73. The molecule has 0 saturated heterocycles. The second-order valence-electron chi connectivity index (χ2n) is 3.12. The molecule has 1 rings (SSSR count). The molecule has 0 atom stereocenters. The zero-order valence-electron chi connectivity index (χ0n) is 9.73. The number of hydrogen-bond acceptors (Lipinski definition) is 5. The van der Waals surface area contributed by atoms with Crippen LogP contribution in [0.1, 0.15) is 28.5 Å². The van der Waals surface area contributed by atoms with Gasteiger partial charge in [-0.3, -0.25) is 4.79 Å². The van der Waals surface area contributed by atoms with E-state index in [9.17, 15) is 9.59 Å². The van der Waals surface area contributed by atoms with E-state index in [4.69, 9.17) is 4.74 Å². The molecule has 17 heavy (non-hydrogen) atoms. The Kier molecular flexibility index (Phi) is 5.35. The lowest BCUT2D eigenvalue weighted by Gasteiger charge is -1.95. The van der Waals surface area contributed by atoms with Crippen LogP contribution in [0.2, 0.25) is 0 Å². The first-order valence-corrected chi connectivity index (χ1v) is 5.99. The zero-order valence-corrected chi connectivity index (χ0v) is 10.5. The lowest BCUT2D eigenvalue weighted by molar-refractivity contribution is -0.118. The summed E-state index contributed by atoms with van der Waals surface area (Å²) in [7, 11) is 0. The summed E-state index contributed by atoms with van der Waals surface area (Å²) in [6, 6.07) is 0. The van der Waals surface area contributed by atoms with Crippen LogP contribution in [0.5, 0.6) is 0 Å². The Bertz CT molecular complexity index is 426. The van der Waals surface area contributed by atoms with Gasteiger partial charge in [-0.15, -0.1) is 11.3 Å². The molecule has 5 nitrogen and oxygen atoms in total. The van der Waals surface area contributed by atoms with Crippen molar-refractivity contribution in [2.24, 2.45) is 0 Å². The van der Waals surface area contributed by atoms with E-state index in [-0.39, 0.29) is 11.9 Å². The predicted octanol–water partition coefficient (Wildman–Crippen LogP) is 1.47. The van der Waals surface area contributed by atoms with Crippen LogP contribution in [0.3, 0.4) is 0 Å². The Labute approximate surface area is 104 Å². The Hall–Kier alpha value is -1.69. The van der Waals surface area contributed by atoms with E-state index in [1.54, 1.807) is 19.1 Å². The van der Waals surface area contributed by atoms with E-state index in [1.165, 1.54) is 24.5 Å². The van der Waals surface area contributed by atoms with Gasteiger partial charge in [-0.05, 0) is 13.0 Å². The van der Waals surface area contributed by atoms with Crippen LogP contribution < -0.4 is 5.32 Å². The smallest absolute Gasteiger partial charge is 0.349 e. The number of amides is 1. The summed E-state index contributed by atoms with van der Waals surface area (Å²) < 4.78 is 4.85. The fourth-order valence-corrected chi connectivity index (χ4v) is 1.77. The molecule has 1 aromatic heterocycles. The van der Waals surface area contributed by atoms with Gasteiger partial charge in [-0.1, -0.05) is 6.08 Å². The first-order chi connectivity index (χ1) is 8.13. The summed E-state index contributed by atoms with van der Waals surface area (Å²) in [4.78, 5) is 26.5.